The molecule has 1 nitrogen and oxygen atoms in total. The molecule has 0 aliphatic carbocycles. The average molecular weight is 338 g/mol. The number of aliphatic imine (C=N–C) groups is 1. The third-order valence-electron chi connectivity index (χ3n) is 3.29. The van der Waals surface area contributed by atoms with Crippen molar-refractivity contribution in [1.82, 2.24) is 0 Å². The number of hydrogen-bond donors (Lipinski definition) is 0. The predicted molar refractivity (Wildman–Crippen MR) is 100 cm³/mol. The van der Waals surface area contributed by atoms with E-state index in [1.165, 1.54) is 15.4 Å². The average Bonchev–Trinajstić information content (AvgIpc) is 2.56. The van der Waals surface area contributed by atoms with Crippen molar-refractivity contribution in [1.29, 1.82) is 0 Å². The van der Waals surface area contributed by atoms with Crippen LogP contribution in [0.25, 0.3) is 0 Å². The van der Waals surface area contributed by atoms with Crippen LogP contribution in [0.2, 0.25) is 5.02 Å². The molecule has 0 heterocycles. The number of rotatable bonds is 4. The first-order chi connectivity index (χ1) is 11.2. The van der Waals surface area contributed by atoms with Crippen LogP contribution in [-0.4, -0.2) is 6.21 Å². The molecule has 0 spiro atoms. The number of benzene rings is 3. The molecular formula is C20H16ClNS. The minimum absolute atomic E-state index is 0.761. The van der Waals surface area contributed by atoms with Crippen LogP contribution in [0.3, 0.4) is 0 Å². The number of nitrogens with zero attached hydrogens (tertiary/aromatic N) is 1. The lowest BCUT2D eigenvalue weighted by atomic mass is 10.2. The van der Waals surface area contributed by atoms with Gasteiger partial charge in [0, 0.05) is 21.0 Å². The van der Waals surface area contributed by atoms with Crippen LogP contribution in [0, 0.1) is 6.92 Å². The first kappa shape index (κ1) is 15.9. The molecule has 0 unspecified atom stereocenters. The Morgan fingerprint density at radius 3 is 2.17 bits per heavy atom. The Morgan fingerprint density at radius 2 is 1.52 bits per heavy atom. The molecule has 3 aromatic rings. The molecule has 0 aliphatic rings. The van der Waals surface area contributed by atoms with E-state index < -0.39 is 0 Å². The summed E-state index contributed by atoms with van der Waals surface area (Å²) >= 11 is 7.62. The molecular weight excluding hydrogens is 322 g/mol. The maximum absolute atomic E-state index is 5.91. The fraction of sp³-hybridized carbons (Fsp3) is 0.0500. The maximum Gasteiger partial charge on any atom is 0.0632 e. The van der Waals surface area contributed by atoms with Crippen molar-refractivity contribution in [2.24, 2.45) is 4.99 Å². The van der Waals surface area contributed by atoms with Crippen LogP contribution < -0.4 is 0 Å². The van der Waals surface area contributed by atoms with Gasteiger partial charge in [-0.3, -0.25) is 4.99 Å². The third-order valence-corrected chi connectivity index (χ3v) is 4.56. The molecule has 0 atom stereocenters. The van der Waals surface area contributed by atoms with E-state index in [9.17, 15) is 0 Å². The summed E-state index contributed by atoms with van der Waals surface area (Å²) < 4.78 is 0. The van der Waals surface area contributed by atoms with Gasteiger partial charge in [-0.25, -0.2) is 0 Å². The van der Waals surface area contributed by atoms with Crippen molar-refractivity contribution < 1.29 is 0 Å². The summed E-state index contributed by atoms with van der Waals surface area (Å²) in [6.45, 7) is 2.07. The Bertz CT molecular complexity index is 808. The van der Waals surface area contributed by atoms with Crippen molar-refractivity contribution >= 4 is 35.3 Å². The molecule has 0 saturated carbocycles. The zero-order chi connectivity index (χ0) is 16.1. The van der Waals surface area contributed by atoms with E-state index in [1.807, 2.05) is 42.6 Å². The van der Waals surface area contributed by atoms with Crippen molar-refractivity contribution in [3.8, 4) is 0 Å². The lowest BCUT2D eigenvalue weighted by molar-refractivity contribution is 1.40. The smallest absolute Gasteiger partial charge is 0.0632 e. The molecule has 0 bridgehead atoms. The summed E-state index contributed by atoms with van der Waals surface area (Å²) in [6.07, 6.45) is 1.89. The second-order valence-electron chi connectivity index (χ2n) is 5.22. The second-order valence-corrected chi connectivity index (χ2v) is 6.81. The Kier molecular flexibility index (Phi) is 5.16. The Labute approximate surface area is 146 Å². The van der Waals surface area contributed by atoms with Crippen LogP contribution in [-0.2, 0) is 0 Å². The van der Waals surface area contributed by atoms with Gasteiger partial charge in [0.25, 0.3) is 0 Å². The summed E-state index contributed by atoms with van der Waals surface area (Å²) in [6, 6.07) is 24.4. The predicted octanol–water partition coefficient (Wildman–Crippen LogP) is 6.55. The zero-order valence-corrected chi connectivity index (χ0v) is 14.3. The van der Waals surface area contributed by atoms with Gasteiger partial charge >= 0.3 is 0 Å². The fourth-order valence-electron chi connectivity index (χ4n) is 2.12. The highest BCUT2D eigenvalue weighted by Gasteiger charge is 1.98. The van der Waals surface area contributed by atoms with Gasteiger partial charge in [-0.05, 0) is 66.6 Å². The minimum Gasteiger partial charge on any atom is -0.256 e. The lowest BCUT2D eigenvalue weighted by Crippen LogP contribution is -1.81. The van der Waals surface area contributed by atoms with E-state index in [1.54, 1.807) is 11.8 Å². The highest BCUT2D eigenvalue weighted by atomic mass is 35.5. The van der Waals surface area contributed by atoms with Crippen molar-refractivity contribution in [3.05, 3.63) is 88.9 Å². The van der Waals surface area contributed by atoms with Gasteiger partial charge in [0.15, 0.2) is 0 Å². The van der Waals surface area contributed by atoms with Gasteiger partial charge in [-0.1, -0.05) is 47.6 Å². The first-order valence-corrected chi connectivity index (χ1v) is 8.53. The summed E-state index contributed by atoms with van der Waals surface area (Å²) in [5, 5.41) is 0.761. The quantitative estimate of drug-likeness (QED) is 0.492. The van der Waals surface area contributed by atoms with Crippen LogP contribution >= 0.6 is 23.4 Å². The molecule has 0 N–H and O–H groups in total. The van der Waals surface area contributed by atoms with Gasteiger partial charge in [-0.2, -0.15) is 0 Å². The summed E-state index contributed by atoms with van der Waals surface area (Å²) in [5.74, 6) is 0. The maximum atomic E-state index is 5.91. The van der Waals surface area contributed by atoms with E-state index >= 15 is 0 Å². The molecule has 0 saturated heterocycles. The first-order valence-electron chi connectivity index (χ1n) is 7.33. The SMILES string of the molecule is Cc1cccc(N=Cc2ccc(Sc3ccc(Cl)cc3)cc2)c1. The molecule has 0 aliphatic heterocycles. The van der Waals surface area contributed by atoms with Crippen LogP contribution in [0.1, 0.15) is 11.1 Å². The summed E-state index contributed by atoms with van der Waals surface area (Å²) in [7, 11) is 0. The van der Waals surface area contributed by atoms with Crippen LogP contribution in [0.15, 0.2) is 87.6 Å². The summed E-state index contributed by atoms with van der Waals surface area (Å²) in [4.78, 5) is 6.89. The van der Waals surface area contributed by atoms with Crippen molar-refractivity contribution in [2.45, 2.75) is 16.7 Å². The normalized spacial score (nSPS) is 11.0. The third kappa shape index (κ3) is 4.72. The Balaban J connectivity index is 1.68. The topological polar surface area (TPSA) is 12.4 Å². The zero-order valence-electron chi connectivity index (χ0n) is 12.7. The molecule has 114 valence electrons. The number of hydrogen-bond acceptors (Lipinski definition) is 2. The lowest BCUT2D eigenvalue weighted by Gasteiger charge is -2.02. The van der Waals surface area contributed by atoms with Crippen LogP contribution in [0.5, 0.6) is 0 Å². The molecule has 0 radical (unpaired) electrons. The summed E-state index contributed by atoms with van der Waals surface area (Å²) in [5.41, 5.74) is 3.28. The van der Waals surface area contributed by atoms with Crippen LogP contribution in [0.4, 0.5) is 5.69 Å². The molecule has 0 fully saturated rings. The fourth-order valence-corrected chi connectivity index (χ4v) is 3.06. The Morgan fingerprint density at radius 1 is 0.870 bits per heavy atom. The molecule has 23 heavy (non-hydrogen) atoms. The van der Waals surface area contributed by atoms with E-state index in [0.717, 1.165) is 16.3 Å². The minimum atomic E-state index is 0.761. The molecule has 3 rings (SSSR count). The van der Waals surface area contributed by atoms with E-state index in [-0.39, 0.29) is 0 Å². The highest BCUT2D eigenvalue weighted by molar-refractivity contribution is 7.99. The second kappa shape index (κ2) is 7.49. The number of halogens is 1. The Hall–Kier alpha value is -2.03. The van der Waals surface area contributed by atoms with E-state index in [2.05, 4.69) is 48.3 Å². The molecule has 0 aromatic heterocycles. The largest absolute Gasteiger partial charge is 0.256 e. The van der Waals surface area contributed by atoms with Gasteiger partial charge in [0.05, 0.1) is 5.69 Å². The standard InChI is InChI=1S/C20H16ClNS/c1-15-3-2-4-18(13-15)22-14-16-5-9-19(10-6-16)23-20-11-7-17(21)8-12-20/h2-14H,1H3. The van der Waals surface area contributed by atoms with Crippen molar-refractivity contribution in [3.63, 3.8) is 0 Å². The van der Waals surface area contributed by atoms with Gasteiger partial charge in [-0.15, -0.1) is 0 Å². The molecule has 3 aromatic carbocycles. The van der Waals surface area contributed by atoms with Crippen molar-refractivity contribution in [2.75, 3.05) is 0 Å². The molecule has 0 amide bonds. The van der Waals surface area contributed by atoms with Gasteiger partial charge in [0.1, 0.15) is 0 Å². The van der Waals surface area contributed by atoms with E-state index in [4.69, 9.17) is 11.6 Å². The molecule has 3 heteroatoms. The van der Waals surface area contributed by atoms with Gasteiger partial charge < -0.3 is 0 Å². The van der Waals surface area contributed by atoms with E-state index in [0.29, 0.717) is 0 Å². The monoisotopic (exact) mass is 337 g/mol. The van der Waals surface area contributed by atoms with Gasteiger partial charge in [0.2, 0.25) is 0 Å². The number of aryl methyl sites for hydroxylation is 1. The highest BCUT2D eigenvalue weighted by Crippen LogP contribution is 2.28.